The second-order valence-electron chi connectivity index (χ2n) is 6.83. The zero-order chi connectivity index (χ0) is 15.1. The number of nitrogens with one attached hydrogen (secondary N) is 1. The van der Waals surface area contributed by atoms with Crippen molar-refractivity contribution >= 4 is 0 Å². The summed E-state index contributed by atoms with van der Waals surface area (Å²) in [6.45, 7) is 7.87. The van der Waals surface area contributed by atoms with E-state index in [1.54, 1.807) is 0 Å². The fraction of sp³-hybridized carbons (Fsp3) is 0.700. The molecule has 0 saturated heterocycles. The van der Waals surface area contributed by atoms with Crippen molar-refractivity contribution in [2.45, 2.75) is 77.7 Å². The lowest BCUT2D eigenvalue weighted by atomic mass is 9.83. The number of rotatable bonds is 7. The Kier molecular flexibility index (Phi) is 6.76. The number of hydrogen-bond donors (Lipinski definition) is 1. The second kappa shape index (κ2) is 8.58. The van der Waals surface area contributed by atoms with Crippen LogP contribution in [-0.4, -0.2) is 6.54 Å². The third kappa shape index (κ3) is 4.85. The van der Waals surface area contributed by atoms with Gasteiger partial charge in [0.1, 0.15) is 0 Å². The minimum absolute atomic E-state index is 0.545. The molecule has 0 spiro atoms. The van der Waals surface area contributed by atoms with Crippen LogP contribution in [0.5, 0.6) is 0 Å². The van der Waals surface area contributed by atoms with Gasteiger partial charge in [-0.1, -0.05) is 77.1 Å². The molecule has 1 fully saturated rings. The van der Waals surface area contributed by atoms with E-state index in [4.69, 9.17) is 0 Å². The molecular formula is C20H33N. The molecule has 2 atom stereocenters. The average molecular weight is 287 g/mol. The maximum atomic E-state index is 3.71. The highest BCUT2D eigenvalue weighted by Gasteiger charge is 2.19. The predicted octanol–water partition coefficient (Wildman–Crippen LogP) is 5.82. The molecule has 21 heavy (non-hydrogen) atoms. The van der Waals surface area contributed by atoms with Crippen LogP contribution in [0, 0.1) is 5.92 Å². The molecular weight excluding hydrogens is 254 g/mol. The van der Waals surface area contributed by atoms with Crippen LogP contribution in [-0.2, 0) is 0 Å². The Labute approximate surface area is 131 Å². The Morgan fingerprint density at radius 3 is 2.19 bits per heavy atom. The lowest BCUT2D eigenvalue weighted by Crippen LogP contribution is -2.24. The largest absolute Gasteiger partial charge is 0.310 e. The van der Waals surface area contributed by atoms with Gasteiger partial charge in [-0.25, -0.2) is 0 Å². The highest BCUT2D eigenvalue weighted by molar-refractivity contribution is 5.27. The number of hydrogen-bond acceptors (Lipinski definition) is 1. The minimum Gasteiger partial charge on any atom is -0.310 e. The van der Waals surface area contributed by atoms with E-state index in [9.17, 15) is 0 Å². The lowest BCUT2D eigenvalue weighted by molar-refractivity contribution is 0.301. The van der Waals surface area contributed by atoms with Gasteiger partial charge in [0.2, 0.25) is 0 Å². The molecule has 118 valence electrons. The van der Waals surface area contributed by atoms with Gasteiger partial charge in [0.25, 0.3) is 0 Å². The Morgan fingerprint density at radius 2 is 1.62 bits per heavy atom. The molecule has 0 aromatic heterocycles. The van der Waals surface area contributed by atoms with E-state index >= 15 is 0 Å². The molecule has 1 nitrogen and oxygen atoms in total. The van der Waals surface area contributed by atoms with E-state index in [0.717, 1.165) is 12.5 Å². The van der Waals surface area contributed by atoms with Crippen molar-refractivity contribution in [2.24, 2.45) is 5.92 Å². The van der Waals surface area contributed by atoms with Crippen LogP contribution >= 0.6 is 0 Å². The molecule has 1 aliphatic carbocycles. The minimum atomic E-state index is 0.545. The van der Waals surface area contributed by atoms with Gasteiger partial charge < -0.3 is 5.32 Å². The van der Waals surface area contributed by atoms with Gasteiger partial charge >= 0.3 is 0 Å². The predicted molar refractivity (Wildman–Crippen MR) is 92.8 cm³/mol. The van der Waals surface area contributed by atoms with Gasteiger partial charge in [0.05, 0.1) is 0 Å². The molecule has 1 saturated carbocycles. The summed E-state index contributed by atoms with van der Waals surface area (Å²) in [5.74, 6) is 1.60. The summed E-state index contributed by atoms with van der Waals surface area (Å²) < 4.78 is 0. The molecule has 1 aliphatic rings. The first-order valence-electron chi connectivity index (χ1n) is 9.07. The van der Waals surface area contributed by atoms with E-state index < -0.39 is 0 Å². The quantitative estimate of drug-likeness (QED) is 0.666. The zero-order valence-corrected chi connectivity index (χ0v) is 14.2. The molecule has 0 aliphatic heterocycles. The Morgan fingerprint density at radius 1 is 1.00 bits per heavy atom. The first-order chi connectivity index (χ1) is 10.2. The molecule has 1 aromatic carbocycles. The van der Waals surface area contributed by atoms with Gasteiger partial charge in [0, 0.05) is 6.04 Å². The highest BCUT2D eigenvalue weighted by atomic mass is 14.9. The third-order valence-electron chi connectivity index (χ3n) is 5.26. The number of benzene rings is 1. The summed E-state index contributed by atoms with van der Waals surface area (Å²) in [7, 11) is 0. The summed E-state index contributed by atoms with van der Waals surface area (Å²) in [6.07, 6.45) is 9.74. The van der Waals surface area contributed by atoms with E-state index in [0.29, 0.717) is 12.0 Å². The smallest absolute Gasteiger partial charge is 0.0322 e. The molecule has 2 rings (SSSR count). The van der Waals surface area contributed by atoms with E-state index in [-0.39, 0.29) is 0 Å². The second-order valence-corrected chi connectivity index (χ2v) is 6.83. The van der Waals surface area contributed by atoms with Gasteiger partial charge in [0.15, 0.2) is 0 Å². The monoisotopic (exact) mass is 287 g/mol. The fourth-order valence-electron chi connectivity index (χ4n) is 3.63. The summed E-state index contributed by atoms with van der Waals surface area (Å²) in [6, 6.07) is 9.95. The normalized spacial score (nSPS) is 19.4. The Bertz CT molecular complexity index is 389. The van der Waals surface area contributed by atoms with Crippen molar-refractivity contribution in [3.8, 4) is 0 Å². The van der Waals surface area contributed by atoms with Crippen molar-refractivity contribution in [1.29, 1.82) is 0 Å². The van der Waals surface area contributed by atoms with Gasteiger partial charge in [-0.05, 0) is 42.3 Å². The van der Waals surface area contributed by atoms with Crippen LogP contribution in [0.3, 0.4) is 0 Å². The lowest BCUT2D eigenvalue weighted by Gasteiger charge is -2.27. The van der Waals surface area contributed by atoms with Gasteiger partial charge in [-0.3, -0.25) is 0 Å². The topological polar surface area (TPSA) is 12.0 Å². The van der Waals surface area contributed by atoms with Crippen LogP contribution in [0.15, 0.2) is 24.3 Å². The summed E-state index contributed by atoms with van der Waals surface area (Å²) in [5, 5.41) is 3.71. The SMILES string of the molecule is CCNC(CC1CCCCC1)c1ccc(C(C)CC)cc1. The van der Waals surface area contributed by atoms with Crippen molar-refractivity contribution in [3.63, 3.8) is 0 Å². The zero-order valence-electron chi connectivity index (χ0n) is 14.2. The first-order valence-corrected chi connectivity index (χ1v) is 9.07. The van der Waals surface area contributed by atoms with Crippen molar-refractivity contribution in [1.82, 2.24) is 5.32 Å². The molecule has 0 bridgehead atoms. The maximum absolute atomic E-state index is 3.71. The summed E-state index contributed by atoms with van der Waals surface area (Å²) in [5.41, 5.74) is 2.96. The van der Waals surface area contributed by atoms with Crippen molar-refractivity contribution in [3.05, 3.63) is 35.4 Å². The molecule has 0 heterocycles. The first kappa shape index (κ1) is 16.5. The van der Waals surface area contributed by atoms with Crippen molar-refractivity contribution < 1.29 is 0 Å². The maximum Gasteiger partial charge on any atom is 0.0322 e. The van der Waals surface area contributed by atoms with Crippen LogP contribution in [0.2, 0.25) is 0 Å². The summed E-state index contributed by atoms with van der Waals surface area (Å²) in [4.78, 5) is 0. The average Bonchev–Trinajstić information content (AvgIpc) is 2.55. The van der Waals surface area contributed by atoms with Crippen LogP contribution in [0.1, 0.15) is 88.8 Å². The van der Waals surface area contributed by atoms with Crippen molar-refractivity contribution in [2.75, 3.05) is 6.54 Å². The van der Waals surface area contributed by atoms with Gasteiger partial charge in [-0.15, -0.1) is 0 Å². The molecule has 0 amide bonds. The molecule has 2 unspecified atom stereocenters. The molecule has 0 radical (unpaired) electrons. The molecule has 1 heteroatoms. The summed E-state index contributed by atoms with van der Waals surface area (Å²) >= 11 is 0. The Balaban J connectivity index is 2.02. The Hall–Kier alpha value is -0.820. The fourth-order valence-corrected chi connectivity index (χ4v) is 3.63. The third-order valence-corrected chi connectivity index (χ3v) is 5.26. The highest BCUT2D eigenvalue weighted by Crippen LogP contribution is 2.32. The van der Waals surface area contributed by atoms with Gasteiger partial charge in [-0.2, -0.15) is 0 Å². The van der Waals surface area contributed by atoms with Crippen LogP contribution in [0.4, 0.5) is 0 Å². The van der Waals surface area contributed by atoms with Crippen LogP contribution < -0.4 is 5.32 Å². The molecule has 1 N–H and O–H groups in total. The van der Waals surface area contributed by atoms with Crippen LogP contribution in [0.25, 0.3) is 0 Å². The van der Waals surface area contributed by atoms with E-state index in [2.05, 4.69) is 50.4 Å². The standard InChI is InChI=1S/C20H33N/c1-4-16(3)18-11-13-19(14-12-18)20(21-5-2)15-17-9-7-6-8-10-17/h11-14,16-17,20-21H,4-10,15H2,1-3H3. The molecule has 1 aromatic rings. The van der Waals surface area contributed by atoms with E-state index in [1.165, 1.54) is 56.1 Å². The van der Waals surface area contributed by atoms with E-state index in [1.807, 2.05) is 0 Å².